The molecule has 0 amide bonds. The Bertz CT molecular complexity index is 1260. The van der Waals surface area contributed by atoms with Crippen molar-refractivity contribution in [3.63, 3.8) is 0 Å². The van der Waals surface area contributed by atoms with Crippen LogP contribution >= 0.6 is 0 Å². The topological polar surface area (TPSA) is 59.5 Å². The van der Waals surface area contributed by atoms with Gasteiger partial charge in [0.15, 0.2) is 9.84 Å². The zero-order valence-electron chi connectivity index (χ0n) is 18.9. The van der Waals surface area contributed by atoms with Gasteiger partial charge in [-0.2, -0.15) is 0 Å². The summed E-state index contributed by atoms with van der Waals surface area (Å²) in [4.78, 5) is 7.41. The first-order valence-corrected chi connectivity index (χ1v) is 13.2. The standard InChI is InChI=1S/C27H30N2O3S/c1-3-19-17-29-14-12-20(19)15-27(29)25(18-33(30,31)22-7-5-4-6-8-22)23-11-13-28-26-10-9-21(32-2)16-24(23)26/h3-11,13,16,19-20,25,27H,1,12,14-15,17-18H2,2H3/t19?,20?,25-,27-/m0/s1. The summed E-state index contributed by atoms with van der Waals surface area (Å²) in [5, 5.41) is 0.966. The molecule has 2 bridgehead atoms. The van der Waals surface area contributed by atoms with Gasteiger partial charge in [0.2, 0.25) is 0 Å². The monoisotopic (exact) mass is 462 g/mol. The summed E-state index contributed by atoms with van der Waals surface area (Å²) in [6, 6.07) is 16.8. The normalized spacial score (nSPS) is 25.6. The lowest BCUT2D eigenvalue weighted by atomic mass is 9.71. The number of aromatic nitrogens is 1. The fraction of sp³-hybridized carbons (Fsp3) is 0.370. The average Bonchev–Trinajstić information content (AvgIpc) is 2.87. The van der Waals surface area contributed by atoms with Crippen LogP contribution in [0.1, 0.15) is 24.3 Å². The van der Waals surface area contributed by atoms with E-state index in [0.29, 0.717) is 16.7 Å². The number of ether oxygens (including phenoxy) is 1. The van der Waals surface area contributed by atoms with Gasteiger partial charge in [-0.15, -0.1) is 6.58 Å². The summed E-state index contributed by atoms with van der Waals surface area (Å²) in [5.41, 5.74) is 1.89. The quantitative estimate of drug-likeness (QED) is 0.477. The van der Waals surface area contributed by atoms with Gasteiger partial charge in [0, 0.05) is 30.1 Å². The van der Waals surface area contributed by atoms with E-state index in [4.69, 9.17) is 4.74 Å². The Hall–Kier alpha value is -2.70. The molecule has 3 unspecified atom stereocenters. The van der Waals surface area contributed by atoms with E-state index in [-0.39, 0.29) is 17.7 Å². The van der Waals surface area contributed by atoms with Gasteiger partial charge in [-0.1, -0.05) is 24.3 Å². The zero-order chi connectivity index (χ0) is 23.0. The maximum atomic E-state index is 13.6. The van der Waals surface area contributed by atoms with Crippen LogP contribution in [-0.2, 0) is 9.84 Å². The van der Waals surface area contributed by atoms with Crippen LogP contribution < -0.4 is 4.74 Å². The van der Waals surface area contributed by atoms with Crippen LogP contribution in [0.3, 0.4) is 0 Å². The molecule has 3 aromatic rings. The molecular formula is C27H30N2O3S. The van der Waals surface area contributed by atoms with E-state index in [1.807, 2.05) is 30.3 Å². The van der Waals surface area contributed by atoms with Crippen molar-refractivity contribution in [3.05, 3.63) is 79.0 Å². The first-order chi connectivity index (χ1) is 16.0. The number of fused-ring (bicyclic) bond motifs is 4. The van der Waals surface area contributed by atoms with Crippen LogP contribution in [0.5, 0.6) is 5.75 Å². The number of benzene rings is 2. The van der Waals surface area contributed by atoms with Crippen molar-refractivity contribution in [2.75, 3.05) is 26.0 Å². The lowest BCUT2D eigenvalue weighted by molar-refractivity contribution is 0.00969. The molecule has 6 rings (SSSR count). The Labute approximate surface area is 196 Å². The molecule has 6 heteroatoms. The highest BCUT2D eigenvalue weighted by Gasteiger charge is 2.44. The maximum absolute atomic E-state index is 13.6. The molecule has 3 aliphatic heterocycles. The molecule has 1 aromatic heterocycles. The van der Waals surface area contributed by atoms with Crippen molar-refractivity contribution >= 4 is 20.7 Å². The Morgan fingerprint density at radius 3 is 2.73 bits per heavy atom. The molecule has 0 N–H and O–H groups in total. The fourth-order valence-corrected chi connectivity index (χ4v) is 7.40. The molecule has 0 aliphatic carbocycles. The van der Waals surface area contributed by atoms with Gasteiger partial charge in [-0.3, -0.25) is 9.88 Å². The summed E-state index contributed by atoms with van der Waals surface area (Å²) in [5.74, 6) is 1.69. The van der Waals surface area contributed by atoms with E-state index >= 15 is 0 Å². The number of methoxy groups -OCH3 is 1. The Morgan fingerprint density at radius 1 is 1.21 bits per heavy atom. The first-order valence-electron chi connectivity index (χ1n) is 11.6. The molecule has 3 aliphatic rings. The van der Waals surface area contributed by atoms with Gasteiger partial charge in [0.25, 0.3) is 0 Å². The summed E-state index contributed by atoms with van der Waals surface area (Å²) in [6.45, 7) is 6.00. The van der Waals surface area contributed by atoms with Crippen LogP contribution in [0.15, 0.2) is 78.3 Å². The van der Waals surface area contributed by atoms with Crippen molar-refractivity contribution in [1.82, 2.24) is 9.88 Å². The second-order valence-electron chi connectivity index (χ2n) is 9.23. The third kappa shape index (κ3) is 4.18. The predicted molar refractivity (Wildman–Crippen MR) is 131 cm³/mol. The SMILES string of the molecule is C=CC1CN2CCC1C[C@H]2[C@@H](CS(=O)(=O)c1ccccc1)c1ccnc2ccc(OC)cc12. The van der Waals surface area contributed by atoms with Crippen LogP contribution in [0.4, 0.5) is 0 Å². The largest absolute Gasteiger partial charge is 0.497 e. The van der Waals surface area contributed by atoms with E-state index in [1.165, 1.54) is 0 Å². The third-order valence-electron chi connectivity index (χ3n) is 7.50. The van der Waals surface area contributed by atoms with Gasteiger partial charge >= 0.3 is 0 Å². The highest BCUT2D eigenvalue weighted by Crippen LogP contribution is 2.44. The van der Waals surface area contributed by atoms with Gasteiger partial charge in [-0.05, 0) is 73.2 Å². The van der Waals surface area contributed by atoms with E-state index in [1.54, 1.807) is 37.6 Å². The number of piperidine rings is 3. The van der Waals surface area contributed by atoms with Crippen molar-refractivity contribution in [2.45, 2.75) is 29.7 Å². The predicted octanol–water partition coefficient (Wildman–Crippen LogP) is 4.70. The molecule has 2 aromatic carbocycles. The Morgan fingerprint density at radius 2 is 2.03 bits per heavy atom. The minimum absolute atomic E-state index is 0.0694. The summed E-state index contributed by atoms with van der Waals surface area (Å²) in [6.07, 6.45) is 6.01. The summed E-state index contributed by atoms with van der Waals surface area (Å²) in [7, 11) is -1.83. The van der Waals surface area contributed by atoms with Crippen LogP contribution in [0, 0.1) is 11.8 Å². The molecule has 4 heterocycles. The zero-order valence-corrected chi connectivity index (χ0v) is 19.7. The number of nitrogens with zero attached hydrogens (tertiary/aromatic N) is 2. The number of rotatable bonds is 7. The summed E-state index contributed by atoms with van der Waals surface area (Å²) < 4.78 is 32.6. The molecular weight excluding hydrogens is 432 g/mol. The van der Waals surface area contributed by atoms with Crippen molar-refractivity contribution in [2.24, 2.45) is 11.8 Å². The molecule has 0 radical (unpaired) electrons. The average molecular weight is 463 g/mol. The maximum Gasteiger partial charge on any atom is 0.179 e. The molecule has 0 saturated carbocycles. The molecule has 5 atom stereocenters. The second-order valence-corrected chi connectivity index (χ2v) is 11.3. The number of hydrogen-bond acceptors (Lipinski definition) is 5. The lowest BCUT2D eigenvalue weighted by Crippen LogP contribution is -2.55. The van der Waals surface area contributed by atoms with Gasteiger partial charge < -0.3 is 4.74 Å². The molecule has 0 spiro atoms. The number of sulfone groups is 1. The van der Waals surface area contributed by atoms with Gasteiger partial charge in [0.05, 0.1) is 23.3 Å². The lowest BCUT2D eigenvalue weighted by Gasteiger charge is -2.51. The van der Waals surface area contributed by atoms with E-state index < -0.39 is 9.84 Å². The summed E-state index contributed by atoms with van der Waals surface area (Å²) >= 11 is 0. The molecule has 33 heavy (non-hydrogen) atoms. The molecule has 3 saturated heterocycles. The molecule has 172 valence electrons. The van der Waals surface area contributed by atoms with Gasteiger partial charge in [0.1, 0.15) is 5.75 Å². The van der Waals surface area contributed by atoms with Crippen molar-refractivity contribution in [1.29, 1.82) is 0 Å². The van der Waals surface area contributed by atoms with Crippen molar-refractivity contribution in [3.8, 4) is 5.75 Å². The van der Waals surface area contributed by atoms with E-state index in [0.717, 1.165) is 48.1 Å². The minimum Gasteiger partial charge on any atom is -0.497 e. The highest BCUT2D eigenvalue weighted by molar-refractivity contribution is 7.91. The Kier molecular flexibility index (Phi) is 5.97. The Balaban J connectivity index is 1.61. The van der Waals surface area contributed by atoms with E-state index in [2.05, 4.69) is 22.5 Å². The van der Waals surface area contributed by atoms with Crippen LogP contribution in [0.2, 0.25) is 0 Å². The second kappa shape index (κ2) is 8.92. The molecule has 3 fully saturated rings. The van der Waals surface area contributed by atoms with Crippen molar-refractivity contribution < 1.29 is 13.2 Å². The number of hydrogen-bond donors (Lipinski definition) is 0. The highest BCUT2D eigenvalue weighted by atomic mass is 32.2. The fourth-order valence-electron chi connectivity index (χ4n) is 5.76. The third-order valence-corrected chi connectivity index (χ3v) is 9.29. The van der Waals surface area contributed by atoms with Gasteiger partial charge in [-0.25, -0.2) is 8.42 Å². The first kappa shape index (κ1) is 22.1. The van der Waals surface area contributed by atoms with Crippen LogP contribution in [-0.4, -0.2) is 50.3 Å². The number of pyridine rings is 1. The minimum atomic E-state index is -3.48. The van der Waals surface area contributed by atoms with Crippen LogP contribution in [0.25, 0.3) is 10.9 Å². The smallest absolute Gasteiger partial charge is 0.179 e. The molecule has 5 nitrogen and oxygen atoms in total. The van der Waals surface area contributed by atoms with E-state index in [9.17, 15) is 8.42 Å².